The van der Waals surface area contributed by atoms with Crippen LogP contribution in [0.3, 0.4) is 0 Å². The van der Waals surface area contributed by atoms with Crippen LogP contribution in [0.1, 0.15) is 25.3 Å². The Balaban J connectivity index is 2.21. The van der Waals surface area contributed by atoms with Crippen LogP contribution in [0.5, 0.6) is 5.75 Å². The van der Waals surface area contributed by atoms with Gasteiger partial charge in [-0.25, -0.2) is 4.98 Å². The van der Waals surface area contributed by atoms with Gasteiger partial charge in [-0.05, 0) is 18.0 Å². The quantitative estimate of drug-likeness (QED) is 0.526. The molecule has 0 aliphatic carbocycles. The molecular weight excluding hydrogens is 318 g/mol. The van der Waals surface area contributed by atoms with Gasteiger partial charge in [0.1, 0.15) is 24.2 Å². The number of rotatable bonds is 8. The highest BCUT2D eigenvalue weighted by Gasteiger charge is 2.16. The van der Waals surface area contributed by atoms with Crippen LogP contribution in [0, 0.1) is 11.3 Å². The predicted molar refractivity (Wildman–Crippen MR) is 99.0 cm³/mol. The molecule has 0 spiro atoms. The number of fused-ring (bicyclic) bond motifs is 1. The molecule has 6 heteroatoms. The minimum Gasteiger partial charge on any atom is -0.478 e. The fourth-order valence-electron chi connectivity index (χ4n) is 2.45. The third kappa shape index (κ3) is 4.59. The van der Waals surface area contributed by atoms with Gasteiger partial charge in [-0.2, -0.15) is 5.26 Å². The van der Waals surface area contributed by atoms with Crippen molar-refractivity contribution < 1.29 is 9.47 Å². The molecule has 0 atom stereocenters. The van der Waals surface area contributed by atoms with Crippen molar-refractivity contribution in [3.63, 3.8) is 0 Å². The van der Waals surface area contributed by atoms with Gasteiger partial charge in [-0.15, -0.1) is 0 Å². The molecule has 0 saturated carbocycles. The molecule has 0 saturated heterocycles. The smallest absolute Gasteiger partial charge is 0.174 e. The zero-order chi connectivity index (χ0) is 17.7. The summed E-state index contributed by atoms with van der Waals surface area (Å²) in [5.41, 5.74) is 1.86. The van der Waals surface area contributed by atoms with Gasteiger partial charge in [0, 0.05) is 32.6 Å². The summed E-state index contributed by atoms with van der Waals surface area (Å²) in [5, 5.41) is 9.77. The second-order valence-corrected chi connectivity index (χ2v) is 13.1. The van der Waals surface area contributed by atoms with E-state index in [2.05, 4.69) is 38.5 Å². The molecule has 0 fully saturated rings. The number of ether oxygens (including phenoxy) is 2. The van der Waals surface area contributed by atoms with Crippen molar-refractivity contribution in [1.82, 2.24) is 9.55 Å². The molecule has 0 bridgehead atoms. The normalized spacial score (nSPS) is 11.9. The lowest BCUT2D eigenvalue weighted by Gasteiger charge is -2.16. The fraction of sp³-hybridized carbons (Fsp3) is 0.556. The van der Waals surface area contributed by atoms with E-state index in [1.807, 2.05) is 29.1 Å². The highest BCUT2D eigenvalue weighted by Crippen LogP contribution is 2.33. The minimum atomic E-state index is -1.08. The van der Waals surface area contributed by atoms with Crippen molar-refractivity contribution in [2.24, 2.45) is 0 Å². The molecule has 0 aromatic carbocycles. The Bertz CT molecular complexity index is 726. The summed E-state index contributed by atoms with van der Waals surface area (Å²) < 4.78 is 13.5. The molecule has 0 N–H and O–H groups in total. The number of nitrogens with zero attached hydrogens (tertiary/aromatic N) is 3. The Labute approximate surface area is 145 Å². The van der Waals surface area contributed by atoms with Crippen molar-refractivity contribution in [2.45, 2.75) is 52.2 Å². The maximum absolute atomic E-state index is 8.83. The van der Waals surface area contributed by atoms with Crippen LogP contribution in [0.4, 0.5) is 0 Å². The molecule has 0 unspecified atom stereocenters. The summed E-state index contributed by atoms with van der Waals surface area (Å²) in [4.78, 5) is 4.59. The van der Waals surface area contributed by atoms with Crippen molar-refractivity contribution in [3.05, 3.63) is 24.0 Å². The lowest BCUT2D eigenvalue weighted by molar-refractivity contribution is 0.0899. The standard InChI is InChI=1S/C18H27N3O2Si/c1-14(2)16-12-20-18-15(17(16)23-9-7-19)6-8-21(18)13-22-10-11-24(3,4)5/h6,8,12,14H,9-11,13H2,1-5H3. The highest BCUT2D eigenvalue weighted by atomic mass is 28.3. The molecule has 24 heavy (non-hydrogen) atoms. The van der Waals surface area contributed by atoms with Crippen LogP contribution in [0.15, 0.2) is 18.5 Å². The first-order valence-electron chi connectivity index (χ1n) is 8.38. The van der Waals surface area contributed by atoms with Gasteiger partial charge < -0.3 is 14.0 Å². The molecule has 2 rings (SSSR count). The molecule has 0 amide bonds. The average Bonchev–Trinajstić information content (AvgIpc) is 2.91. The first kappa shape index (κ1) is 18.5. The van der Waals surface area contributed by atoms with Crippen LogP contribution in [0.25, 0.3) is 11.0 Å². The Morgan fingerprint density at radius 2 is 2.08 bits per heavy atom. The Morgan fingerprint density at radius 3 is 2.71 bits per heavy atom. The lowest BCUT2D eigenvalue weighted by atomic mass is 10.0. The van der Waals surface area contributed by atoms with Crippen molar-refractivity contribution >= 4 is 19.1 Å². The second kappa shape index (κ2) is 7.82. The summed E-state index contributed by atoms with van der Waals surface area (Å²) >= 11 is 0. The van der Waals surface area contributed by atoms with E-state index in [0.717, 1.165) is 35.0 Å². The summed E-state index contributed by atoms with van der Waals surface area (Å²) in [6.07, 6.45) is 3.81. The zero-order valence-electron chi connectivity index (χ0n) is 15.3. The molecular formula is C18H27N3O2Si. The maximum Gasteiger partial charge on any atom is 0.174 e. The number of pyridine rings is 1. The Morgan fingerprint density at radius 1 is 1.33 bits per heavy atom. The van der Waals surface area contributed by atoms with Gasteiger partial charge in [0.25, 0.3) is 0 Å². The molecule has 0 aliphatic rings. The van der Waals surface area contributed by atoms with E-state index in [4.69, 9.17) is 14.7 Å². The molecule has 2 aromatic heterocycles. The topological polar surface area (TPSA) is 60.1 Å². The van der Waals surface area contributed by atoms with Gasteiger partial charge >= 0.3 is 0 Å². The second-order valence-electron chi connectivity index (χ2n) is 7.51. The van der Waals surface area contributed by atoms with Gasteiger partial charge in [0.05, 0.1) is 5.39 Å². The van der Waals surface area contributed by atoms with E-state index in [1.54, 1.807) is 0 Å². The van der Waals surface area contributed by atoms with Crippen LogP contribution in [0.2, 0.25) is 25.7 Å². The first-order chi connectivity index (χ1) is 11.3. The lowest BCUT2D eigenvalue weighted by Crippen LogP contribution is -2.22. The van der Waals surface area contributed by atoms with Crippen molar-refractivity contribution in [2.75, 3.05) is 13.2 Å². The summed E-state index contributed by atoms with van der Waals surface area (Å²) in [7, 11) is -1.08. The van der Waals surface area contributed by atoms with E-state index in [0.29, 0.717) is 6.73 Å². The van der Waals surface area contributed by atoms with E-state index in [-0.39, 0.29) is 12.5 Å². The van der Waals surface area contributed by atoms with E-state index in [9.17, 15) is 0 Å². The molecule has 2 aromatic rings. The first-order valence-corrected chi connectivity index (χ1v) is 12.1. The van der Waals surface area contributed by atoms with Gasteiger partial charge in [0.2, 0.25) is 0 Å². The van der Waals surface area contributed by atoms with E-state index in [1.165, 1.54) is 0 Å². The van der Waals surface area contributed by atoms with Gasteiger partial charge in [0.15, 0.2) is 6.61 Å². The molecule has 130 valence electrons. The number of aromatic nitrogens is 2. The SMILES string of the molecule is CC(C)c1cnc2c(ccn2COCC[Si](C)(C)C)c1OCC#N. The van der Waals surface area contributed by atoms with Crippen molar-refractivity contribution in [3.8, 4) is 11.8 Å². The number of hydrogen-bond acceptors (Lipinski definition) is 4. The summed E-state index contributed by atoms with van der Waals surface area (Å²) in [5.74, 6) is 1.05. The number of hydrogen-bond donors (Lipinski definition) is 0. The minimum absolute atomic E-state index is 0.0384. The van der Waals surface area contributed by atoms with Crippen LogP contribution < -0.4 is 4.74 Å². The van der Waals surface area contributed by atoms with E-state index >= 15 is 0 Å². The monoisotopic (exact) mass is 345 g/mol. The fourth-order valence-corrected chi connectivity index (χ4v) is 3.21. The molecule has 2 heterocycles. The third-order valence-electron chi connectivity index (χ3n) is 3.90. The summed E-state index contributed by atoms with van der Waals surface area (Å²) in [6, 6.07) is 5.17. The molecule has 0 aliphatic heterocycles. The summed E-state index contributed by atoms with van der Waals surface area (Å²) in [6.45, 7) is 12.5. The maximum atomic E-state index is 8.83. The van der Waals surface area contributed by atoms with Crippen LogP contribution >= 0.6 is 0 Å². The van der Waals surface area contributed by atoms with Gasteiger partial charge in [-0.1, -0.05) is 33.5 Å². The predicted octanol–water partition coefficient (Wildman–Crippen LogP) is 4.37. The van der Waals surface area contributed by atoms with Gasteiger partial charge in [-0.3, -0.25) is 0 Å². The van der Waals surface area contributed by atoms with Crippen LogP contribution in [-0.2, 0) is 11.5 Å². The van der Waals surface area contributed by atoms with Crippen LogP contribution in [-0.4, -0.2) is 30.8 Å². The van der Waals surface area contributed by atoms with E-state index < -0.39 is 8.07 Å². The number of nitriles is 1. The van der Waals surface area contributed by atoms with Crippen molar-refractivity contribution in [1.29, 1.82) is 5.26 Å². The Kier molecular flexibility index (Phi) is 6.03. The zero-order valence-corrected chi connectivity index (χ0v) is 16.3. The Hall–Kier alpha value is -1.84. The molecule has 5 nitrogen and oxygen atoms in total. The largest absolute Gasteiger partial charge is 0.478 e. The highest BCUT2D eigenvalue weighted by molar-refractivity contribution is 6.76. The molecule has 0 radical (unpaired) electrons. The average molecular weight is 346 g/mol. The third-order valence-corrected chi connectivity index (χ3v) is 5.60.